The number of aromatic nitrogens is 1. The molecule has 1 saturated heterocycles. The topological polar surface area (TPSA) is 33.2 Å². The van der Waals surface area contributed by atoms with Crippen molar-refractivity contribution in [3.8, 4) is 0 Å². The Morgan fingerprint density at radius 2 is 2.17 bits per heavy atom. The first-order chi connectivity index (χ1) is 8.59. The van der Waals surface area contributed by atoms with E-state index in [1.807, 2.05) is 4.90 Å². The number of likely N-dealkylation sites (tertiary alicyclic amines) is 1. The zero-order valence-electron chi connectivity index (χ0n) is 10.3. The fourth-order valence-corrected chi connectivity index (χ4v) is 2.65. The normalized spacial score (nSPS) is 20.6. The molecule has 1 fully saturated rings. The number of pyridine rings is 1. The van der Waals surface area contributed by atoms with E-state index in [9.17, 15) is 4.79 Å². The molecule has 1 aromatic rings. The van der Waals surface area contributed by atoms with Crippen LogP contribution in [0, 0.1) is 0 Å². The Morgan fingerprint density at radius 1 is 1.39 bits per heavy atom. The summed E-state index contributed by atoms with van der Waals surface area (Å²) in [6.45, 7) is 2.87. The Bertz CT molecular complexity index is 451. The van der Waals surface area contributed by atoms with Gasteiger partial charge in [0.15, 0.2) is 0 Å². The highest BCUT2D eigenvalue weighted by molar-refractivity contribution is 6.35. The van der Waals surface area contributed by atoms with Crippen molar-refractivity contribution in [1.29, 1.82) is 0 Å². The maximum absolute atomic E-state index is 12.5. The molecule has 5 heteroatoms. The third-order valence-electron chi connectivity index (χ3n) is 3.37. The molecule has 2 rings (SSSR count). The standard InChI is InChI=1S/C13H16Cl2N2O/c1-9-5-3-2-4-6-17(9)13(18)10-7-12(15)16-8-11(10)14/h7-9H,2-6H2,1H3. The van der Waals surface area contributed by atoms with Crippen molar-refractivity contribution in [3.05, 3.63) is 28.0 Å². The third kappa shape index (κ3) is 2.96. The van der Waals surface area contributed by atoms with Gasteiger partial charge >= 0.3 is 0 Å². The summed E-state index contributed by atoms with van der Waals surface area (Å²) in [7, 11) is 0. The van der Waals surface area contributed by atoms with Gasteiger partial charge in [-0.1, -0.05) is 36.0 Å². The SMILES string of the molecule is CC1CCCCCN1C(=O)c1cc(Cl)ncc1Cl. The molecule has 1 amide bonds. The molecule has 0 spiro atoms. The molecule has 0 aromatic carbocycles. The molecule has 1 aromatic heterocycles. The number of carbonyl (C=O) groups is 1. The number of hydrogen-bond acceptors (Lipinski definition) is 2. The van der Waals surface area contributed by atoms with Crippen LogP contribution in [0.2, 0.25) is 10.2 Å². The lowest BCUT2D eigenvalue weighted by molar-refractivity contribution is 0.0698. The molecular formula is C13H16Cl2N2O. The van der Waals surface area contributed by atoms with E-state index in [0.717, 1.165) is 19.4 Å². The van der Waals surface area contributed by atoms with E-state index in [-0.39, 0.29) is 11.9 Å². The Hall–Kier alpha value is -0.800. The van der Waals surface area contributed by atoms with Gasteiger partial charge in [0.25, 0.3) is 5.91 Å². The van der Waals surface area contributed by atoms with Gasteiger partial charge in [-0.15, -0.1) is 0 Å². The van der Waals surface area contributed by atoms with Crippen molar-refractivity contribution in [2.24, 2.45) is 0 Å². The largest absolute Gasteiger partial charge is 0.336 e. The van der Waals surface area contributed by atoms with Gasteiger partial charge in [0.1, 0.15) is 5.15 Å². The van der Waals surface area contributed by atoms with Crippen LogP contribution in [0.1, 0.15) is 43.0 Å². The van der Waals surface area contributed by atoms with E-state index in [0.29, 0.717) is 15.7 Å². The van der Waals surface area contributed by atoms with Crippen molar-refractivity contribution in [3.63, 3.8) is 0 Å². The summed E-state index contributed by atoms with van der Waals surface area (Å²) in [6.07, 6.45) is 5.88. The molecular weight excluding hydrogens is 271 g/mol. The minimum Gasteiger partial charge on any atom is -0.336 e. The highest BCUT2D eigenvalue weighted by atomic mass is 35.5. The zero-order chi connectivity index (χ0) is 13.1. The van der Waals surface area contributed by atoms with Crippen molar-refractivity contribution in [2.75, 3.05) is 6.54 Å². The number of hydrogen-bond donors (Lipinski definition) is 0. The minimum atomic E-state index is -0.0429. The number of amides is 1. The van der Waals surface area contributed by atoms with E-state index in [1.54, 1.807) is 6.07 Å². The summed E-state index contributed by atoms with van der Waals surface area (Å²) in [4.78, 5) is 18.3. The Balaban J connectivity index is 2.26. The molecule has 0 radical (unpaired) electrons. The molecule has 98 valence electrons. The first kappa shape index (κ1) is 13.6. The van der Waals surface area contributed by atoms with Crippen molar-refractivity contribution in [2.45, 2.75) is 38.6 Å². The molecule has 2 heterocycles. The molecule has 1 unspecified atom stereocenters. The molecule has 0 bridgehead atoms. The van der Waals surface area contributed by atoms with Crippen LogP contribution in [-0.4, -0.2) is 28.4 Å². The van der Waals surface area contributed by atoms with Gasteiger partial charge in [-0.3, -0.25) is 4.79 Å². The Labute approximate surface area is 117 Å². The average molecular weight is 287 g/mol. The van der Waals surface area contributed by atoms with E-state index in [4.69, 9.17) is 23.2 Å². The highest BCUT2D eigenvalue weighted by Gasteiger charge is 2.24. The summed E-state index contributed by atoms with van der Waals surface area (Å²) in [5.74, 6) is -0.0429. The van der Waals surface area contributed by atoms with Gasteiger partial charge in [0.05, 0.1) is 10.6 Å². The van der Waals surface area contributed by atoms with Crippen LogP contribution in [-0.2, 0) is 0 Å². The van der Waals surface area contributed by atoms with Crippen molar-refractivity contribution < 1.29 is 4.79 Å². The molecule has 1 atom stereocenters. The highest BCUT2D eigenvalue weighted by Crippen LogP contribution is 2.24. The number of rotatable bonds is 1. The lowest BCUT2D eigenvalue weighted by Gasteiger charge is -2.27. The van der Waals surface area contributed by atoms with Gasteiger partial charge in [0.2, 0.25) is 0 Å². The van der Waals surface area contributed by atoms with Crippen molar-refractivity contribution in [1.82, 2.24) is 9.88 Å². The smallest absolute Gasteiger partial charge is 0.255 e. The second-order valence-electron chi connectivity index (χ2n) is 4.68. The Kier molecular flexibility index (Phi) is 4.46. The van der Waals surface area contributed by atoms with Crippen LogP contribution >= 0.6 is 23.2 Å². The van der Waals surface area contributed by atoms with Gasteiger partial charge < -0.3 is 4.90 Å². The predicted octanol–water partition coefficient (Wildman–Crippen LogP) is 3.79. The summed E-state index contributed by atoms with van der Waals surface area (Å²) in [5, 5.41) is 0.658. The van der Waals surface area contributed by atoms with Gasteiger partial charge in [-0.25, -0.2) is 4.98 Å². The molecule has 3 nitrogen and oxygen atoms in total. The average Bonchev–Trinajstić information content (AvgIpc) is 2.56. The molecule has 0 aliphatic carbocycles. The van der Waals surface area contributed by atoms with E-state index in [1.165, 1.54) is 19.0 Å². The quantitative estimate of drug-likeness (QED) is 0.736. The monoisotopic (exact) mass is 286 g/mol. The van der Waals surface area contributed by atoms with Crippen LogP contribution < -0.4 is 0 Å². The molecule has 1 aliphatic heterocycles. The number of halogens is 2. The Morgan fingerprint density at radius 3 is 2.94 bits per heavy atom. The maximum Gasteiger partial charge on any atom is 0.255 e. The first-order valence-corrected chi connectivity index (χ1v) is 6.97. The molecule has 0 saturated carbocycles. The predicted molar refractivity (Wildman–Crippen MR) is 73.2 cm³/mol. The summed E-state index contributed by atoms with van der Waals surface area (Å²) in [6, 6.07) is 1.80. The van der Waals surface area contributed by atoms with Crippen LogP contribution in [0.5, 0.6) is 0 Å². The zero-order valence-corrected chi connectivity index (χ0v) is 11.8. The lowest BCUT2D eigenvalue weighted by Crippen LogP contribution is -2.38. The number of nitrogens with zero attached hydrogens (tertiary/aromatic N) is 2. The molecule has 1 aliphatic rings. The fourth-order valence-electron chi connectivity index (χ4n) is 2.31. The fraction of sp³-hybridized carbons (Fsp3) is 0.538. The van der Waals surface area contributed by atoms with Crippen LogP contribution in [0.25, 0.3) is 0 Å². The van der Waals surface area contributed by atoms with Gasteiger partial charge in [0, 0.05) is 18.8 Å². The first-order valence-electron chi connectivity index (χ1n) is 6.21. The molecule has 18 heavy (non-hydrogen) atoms. The second kappa shape index (κ2) is 5.89. The van der Waals surface area contributed by atoms with Crippen LogP contribution in [0.15, 0.2) is 12.3 Å². The minimum absolute atomic E-state index is 0.0429. The third-order valence-corrected chi connectivity index (χ3v) is 3.87. The molecule has 0 N–H and O–H groups in total. The summed E-state index contributed by atoms with van der Waals surface area (Å²) in [5.41, 5.74) is 0.449. The van der Waals surface area contributed by atoms with Gasteiger partial charge in [-0.2, -0.15) is 0 Å². The maximum atomic E-state index is 12.5. The van der Waals surface area contributed by atoms with E-state index in [2.05, 4.69) is 11.9 Å². The van der Waals surface area contributed by atoms with Crippen molar-refractivity contribution >= 4 is 29.1 Å². The van der Waals surface area contributed by atoms with Gasteiger partial charge in [-0.05, 0) is 25.8 Å². The van der Waals surface area contributed by atoms with Crippen LogP contribution in [0.4, 0.5) is 0 Å². The summed E-state index contributed by atoms with van der Waals surface area (Å²) < 4.78 is 0. The van der Waals surface area contributed by atoms with E-state index < -0.39 is 0 Å². The second-order valence-corrected chi connectivity index (χ2v) is 5.48. The summed E-state index contributed by atoms with van der Waals surface area (Å²) >= 11 is 11.9. The lowest BCUT2D eigenvalue weighted by atomic mass is 10.1. The van der Waals surface area contributed by atoms with E-state index >= 15 is 0 Å². The van der Waals surface area contributed by atoms with Crippen LogP contribution in [0.3, 0.4) is 0 Å². The number of carbonyl (C=O) groups excluding carboxylic acids is 1.